The lowest BCUT2D eigenvalue weighted by Gasteiger charge is -2.35. The summed E-state index contributed by atoms with van der Waals surface area (Å²) in [5.74, 6) is -0.833. The molecule has 1 N–H and O–H groups in total. The summed E-state index contributed by atoms with van der Waals surface area (Å²) in [5.41, 5.74) is 0. The number of ether oxygens (including phenoxy) is 1. The average molecular weight is 284 g/mol. The monoisotopic (exact) mass is 284 g/mol. The third kappa shape index (κ3) is 4.10. The zero-order valence-electron chi connectivity index (χ0n) is 12.1. The van der Waals surface area contributed by atoms with Crippen LogP contribution in [0.3, 0.4) is 0 Å². The summed E-state index contributed by atoms with van der Waals surface area (Å²) in [6, 6.07) is 0.607. The van der Waals surface area contributed by atoms with E-state index in [2.05, 4.69) is 0 Å². The quantitative estimate of drug-likeness (QED) is 0.803. The maximum absolute atomic E-state index is 12.4. The van der Waals surface area contributed by atoms with Gasteiger partial charge in [-0.05, 0) is 32.6 Å². The van der Waals surface area contributed by atoms with Crippen molar-refractivity contribution >= 4 is 12.0 Å². The fraction of sp³-hybridized carbons (Fsp3) is 0.857. The van der Waals surface area contributed by atoms with E-state index in [1.165, 1.54) is 0 Å². The van der Waals surface area contributed by atoms with Crippen LogP contribution in [0.5, 0.6) is 0 Å². The van der Waals surface area contributed by atoms with Gasteiger partial charge in [0.25, 0.3) is 0 Å². The van der Waals surface area contributed by atoms with Crippen LogP contribution in [0, 0.1) is 0 Å². The second kappa shape index (κ2) is 6.92. The fourth-order valence-electron chi connectivity index (χ4n) is 2.64. The second-order valence-electron chi connectivity index (χ2n) is 5.50. The zero-order chi connectivity index (χ0) is 14.5. The summed E-state index contributed by atoms with van der Waals surface area (Å²) in [7, 11) is 0. The Kier molecular flexibility index (Phi) is 5.23. The van der Waals surface area contributed by atoms with Gasteiger partial charge < -0.3 is 19.6 Å². The topological polar surface area (TPSA) is 70.1 Å². The summed E-state index contributed by atoms with van der Waals surface area (Å²) in [6.45, 7) is 4.48. The summed E-state index contributed by atoms with van der Waals surface area (Å²) in [5, 5.41) is 8.57. The predicted octanol–water partition coefficient (Wildman–Crippen LogP) is 1.55. The van der Waals surface area contributed by atoms with Gasteiger partial charge in [0.15, 0.2) is 0 Å². The van der Waals surface area contributed by atoms with E-state index >= 15 is 0 Å². The number of carboxylic acids is 1. The molecule has 0 radical (unpaired) electrons. The number of carboxylic acid groups (broad SMARTS) is 1. The Labute approximate surface area is 119 Å². The van der Waals surface area contributed by atoms with Crippen LogP contribution in [-0.2, 0) is 9.53 Å². The van der Waals surface area contributed by atoms with Crippen LogP contribution in [-0.4, -0.2) is 65.3 Å². The first kappa shape index (κ1) is 15.1. The molecule has 2 aliphatic rings. The van der Waals surface area contributed by atoms with E-state index in [0.29, 0.717) is 19.1 Å². The second-order valence-corrected chi connectivity index (χ2v) is 5.50. The molecule has 0 atom stereocenters. The lowest BCUT2D eigenvalue weighted by molar-refractivity contribution is -0.138. The number of hydrogen-bond acceptors (Lipinski definition) is 3. The van der Waals surface area contributed by atoms with Crippen LogP contribution in [0.2, 0.25) is 0 Å². The average Bonchev–Trinajstić information content (AvgIpc) is 3.24. The minimum absolute atomic E-state index is 0.0461. The number of piperidine rings is 1. The highest BCUT2D eigenvalue weighted by Crippen LogP contribution is 2.28. The first-order valence-corrected chi connectivity index (χ1v) is 7.50. The molecule has 0 bridgehead atoms. The summed E-state index contributed by atoms with van der Waals surface area (Å²) in [6.07, 6.45) is 4.00. The molecule has 2 amide bonds. The van der Waals surface area contributed by atoms with Crippen molar-refractivity contribution in [2.24, 2.45) is 0 Å². The predicted molar refractivity (Wildman–Crippen MR) is 73.6 cm³/mol. The molecule has 1 aliphatic carbocycles. The SMILES string of the molecule is CCN(C(=O)N1CCC(OCCC(=O)O)CC1)C1CC1. The Morgan fingerprint density at radius 1 is 1.25 bits per heavy atom. The number of rotatable bonds is 6. The maximum Gasteiger partial charge on any atom is 0.320 e. The Morgan fingerprint density at radius 2 is 1.90 bits per heavy atom. The highest BCUT2D eigenvalue weighted by Gasteiger charge is 2.34. The molecule has 1 aliphatic heterocycles. The molecular weight excluding hydrogens is 260 g/mol. The van der Waals surface area contributed by atoms with Crippen LogP contribution < -0.4 is 0 Å². The van der Waals surface area contributed by atoms with E-state index in [-0.39, 0.29) is 25.2 Å². The summed E-state index contributed by atoms with van der Waals surface area (Å²) < 4.78 is 5.54. The van der Waals surface area contributed by atoms with Crippen molar-refractivity contribution < 1.29 is 19.4 Å². The number of aliphatic carboxylic acids is 1. The van der Waals surface area contributed by atoms with Gasteiger partial charge in [0.2, 0.25) is 0 Å². The molecular formula is C14H24N2O4. The number of likely N-dealkylation sites (tertiary alicyclic amines) is 1. The number of hydrogen-bond donors (Lipinski definition) is 1. The van der Waals surface area contributed by atoms with Crippen LogP contribution in [0.4, 0.5) is 4.79 Å². The molecule has 0 unspecified atom stereocenters. The molecule has 2 rings (SSSR count). The normalized spacial score (nSPS) is 19.9. The molecule has 0 aromatic carbocycles. The third-order valence-electron chi connectivity index (χ3n) is 3.96. The zero-order valence-corrected chi connectivity index (χ0v) is 12.1. The fourth-order valence-corrected chi connectivity index (χ4v) is 2.64. The summed E-state index contributed by atoms with van der Waals surface area (Å²) >= 11 is 0. The minimum Gasteiger partial charge on any atom is -0.481 e. The molecule has 6 heteroatoms. The highest BCUT2D eigenvalue weighted by molar-refractivity contribution is 5.75. The van der Waals surface area contributed by atoms with Gasteiger partial charge >= 0.3 is 12.0 Å². The van der Waals surface area contributed by atoms with Crippen molar-refractivity contribution in [3.8, 4) is 0 Å². The lowest BCUT2D eigenvalue weighted by Crippen LogP contribution is -2.48. The van der Waals surface area contributed by atoms with Crippen molar-refractivity contribution in [3.05, 3.63) is 0 Å². The number of carbonyl (C=O) groups excluding carboxylic acids is 1. The van der Waals surface area contributed by atoms with E-state index in [1.54, 1.807) is 0 Å². The standard InChI is InChI=1S/C14H24N2O4/c1-2-16(11-3-4-11)14(19)15-8-5-12(6-9-15)20-10-7-13(17)18/h11-12H,2-10H2,1H3,(H,17,18). The number of amides is 2. The van der Waals surface area contributed by atoms with Crippen molar-refractivity contribution in [3.63, 3.8) is 0 Å². The van der Waals surface area contributed by atoms with E-state index in [4.69, 9.17) is 9.84 Å². The molecule has 1 saturated carbocycles. The Morgan fingerprint density at radius 3 is 2.40 bits per heavy atom. The van der Waals surface area contributed by atoms with E-state index < -0.39 is 5.97 Å². The van der Waals surface area contributed by atoms with Gasteiger partial charge in [-0.25, -0.2) is 4.79 Å². The Bertz CT molecular complexity index is 349. The van der Waals surface area contributed by atoms with Crippen LogP contribution >= 0.6 is 0 Å². The van der Waals surface area contributed by atoms with Gasteiger partial charge in [0, 0.05) is 25.7 Å². The molecule has 0 spiro atoms. The van der Waals surface area contributed by atoms with E-state index in [0.717, 1.165) is 32.2 Å². The van der Waals surface area contributed by atoms with Gasteiger partial charge in [-0.15, -0.1) is 0 Å². The van der Waals surface area contributed by atoms with E-state index in [1.807, 2.05) is 16.7 Å². The van der Waals surface area contributed by atoms with E-state index in [9.17, 15) is 9.59 Å². The highest BCUT2D eigenvalue weighted by atomic mass is 16.5. The van der Waals surface area contributed by atoms with Crippen molar-refractivity contribution in [2.45, 2.75) is 51.2 Å². The number of nitrogens with zero attached hydrogens (tertiary/aromatic N) is 2. The first-order valence-electron chi connectivity index (χ1n) is 7.50. The van der Waals surface area contributed by atoms with Gasteiger partial charge in [-0.1, -0.05) is 0 Å². The van der Waals surface area contributed by atoms with Gasteiger partial charge in [0.05, 0.1) is 19.1 Å². The minimum atomic E-state index is -0.833. The van der Waals surface area contributed by atoms with Crippen molar-refractivity contribution in [2.75, 3.05) is 26.2 Å². The molecule has 20 heavy (non-hydrogen) atoms. The van der Waals surface area contributed by atoms with Crippen LogP contribution in [0.1, 0.15) is 39.0 Å². The molecule has 1 saturated heterocycles. The molecule has 0 aromatic rings. The van der Waals surface area contributed by atoms with Gasteiger partial charge in [-0.2, -0.15) is 0 Å². The van der Waals surface area contributed by atoms with Crippen LogP contribution in [0.15, 0.2) is 0 Å². The summed E-state index contributed by atoms with van der Waals surface area (Å²) in [4.78, 5) is 26.6. The molecule has 0 aromatic heterocycles. The first-order chi connectivity index (χ1) is 9.61. The smallest absolute Gasteiger partial charge is 0.320 e. The molecule has 1 heterocycles. The van der Waals surface area contributed by atoms with Crippen molar-refractivity contribution in [1.29, 1.82) is 0 Å². The largest absolute Gasteiger partial charge is 0.481 e. The van der Waals surface area contributed by atoms with Crippen LogP contribution in [0.25, 0.3) is 0 Å². The number of carbonyl (C=O) groups is 2. The Hall–Kier alpha value is -1.30. The molecule has 114 valence electrons. The number of urea groups is 1. The van der Waals surface area contributed by atoms with Crippen molar-refractivity contribution in [1.82, 2.24) is 9.80 Å². The van der Waals surface area contributed by atoms with Gasteiger partial charge in [-0.3, -0.25) is 4.79 Å². The van der Waals surface area contributed by atoms with Gasteiger partial charge in [0.1, 0.15) is 0 Å². The maximum atomic E-state index is 12.4. The lowest BCUT2D eigenvalue weighted by atomic mass is 10.1. The third-order valence-corrected chi connectivity index (χ3v) is 3.96. The molecule has 2 fully saturated rings. The molecule has 6 nitrogen and oxygen atoms in total. The Balaban J connectivity index is 1.70.